The molecule has 1 aromatic rings. The van der Waals surface area contributed by atoms with Gasteiger partial charge in [0.25, 0.3) is 5.91 Å². The van der Waals surface area contributed by atoms with Gasteiger partial charge in [-0.25, -0.2) is 5.48 Å². The molecule has 14 heavy (non-hydrogen) atoms. The van der Waals surface area contributed by atoms with Crippen molar-refractivity contribution >= 4 is 28.8 Å². The molecule has 0 aromatic carbocycles. The molecule has 0 radical (unpaired) electrons. The van der Waals surface area contributed by atoms with Gasteiger partial charge < -0.3 is 5.11 Å². The van der Waals surface area contributed by atoms with Crippen molar-refractivity contribution in [2.24, 2.45) is 0 Å². The standard InChI is InChI=1S/C8H10ClNO3S/c1-5(11)4-13-10-8(12)6-2-3-14-7(6)9/h2-3,5,11H,4H2,1H3,(H,10,12)/t5-/m0/s1. The molecule has 2 N–H and O–H groups in total. The molecule has 78 valence electrons. The van der Waals surface area contributed by atoms with Crippen molar-refractivity contribution in [3.8, 4) is 0 Å². The third-order valence-electron chi connectivity index (χ3n) is 1.35. The molecule has 1 rings (SSSR count). The maximum atomic E-state index is 11.3. The van der Waals surface area contributed by atoms with Gasteiger partial charge in [-0.05, 0) is 18.4 Å². The van der Waals surface area contributed by atoms with Crippen LogP contribution in [0.2, 0.25) is 4.34 Å². The van der Waals surface area contributed by atoms with Crippen molar-refractivity contribution in [3.63, 3.8) is 0 Å². The molecule has 1 aromatic heterocycles. The number of nitrogens with one attached hydrogen (secondary N) is 1. The zero-order valence-corrected chi connectivity index (χ0v) is 9.06. The van der Waals surface area contributed by atoms with E-state index in [0.29, 0.717) is 9.90 Å². The fourth-order valence-corrected chi connectivity index (χ4v) is 1.65. The number of thiophene rings is 1. The lowest BCUT2D eigenvalue weighted by Crippen LogP contribution is -2.27. The molecule has 1 atom stereocenters. The Balaban J connectivity index is 2.40. The summed E-state index contributed by atoms with van der Waals surface area (Å²) < 4.78 is 0.420. The van der Waals surface area contributed by atoms with Crippen LogP contribution in [0, 0.1) is 0 Å². The van der Waals surface area contributed by atoms with Gasteiger partial charge in [0.05, 0.1) is 11.7 Å². The predicted octanol–water partition coefficient (Wildman–Crippen LogP) is 1.44. The van der Waals surface area contributed by atoms with Crippen LogP contribution >= 0.6 is 22.9 Å². The van der Waals surface area contributed by atoms with Gasteiger partial charge in [0.15, 0.2) is 0 Å². The van der Waals surface area contributed by atoms with Gasteiger partial charge in [0.2, 0.25) is 0 Å². The number of amides is 1. The van der Waals surface area contributed by atoms with Gasteiger partial charge in [-0.3, -0.25) is 9.63 Å². The molecular weight excluding hydrogens is 226 g/mol. The summed E-state index contributed by atoms with van der Waals surface area (Å²) in [5.41, 5.74) is 2.56. The topological polar surface area (TPSA) is 58.6 Å². The van der Waals surface area contributed by atoms with Gasteiger partial charge >= 0.3 is 0 Å². The maximum Gasteiger partial charge on any atom is 0.277 e. The minimum absolute atomic E-state index is 0.0491. The van der Waals surface area contributed by atoms with Crippen LogP contribution in [0.4, 0.5) is 0 Å². The van der Waals surface area contributed by atoms with Crippen molar-refractivity contribution in [2.45, 2.75) is 13.0 Å². The Hall–Kier alpha value is -0.620. The maximum absolute atomic E-state index is 11.3. The minimum Gasteiger partial charge on any atom is -0.391 e. The molecule has 0 unspecified atom stereocenters. The molecule has 0 saturated heterocycles. The number of hydrogen-bond acceptors (Lipinski definition) is 4. The Morgan fingerprint density at radius 1 is 1.86 bits per heavy atom. The Kier molecular flexibility index (Phi) is 4.34. The van der Waals surface area contributed by atoms with Crippen molar-refractivity contribution < 1.29 is 14.7 Å². The fraction of sp³-hybridized carbons (Fsp3) is 0.375. The second kappa shape index (κ2) is 5.31. The first kappa shape index (κ1) is 11.5. The van der Waals surface area contributed by atoms with Gasteiger partial charge in [-0.1, -0.05) is 11.6 Å². The summed E-state index contributed by atoms with van der Waals surface area (Å²) in [4.78, 5) is 16.0. The van der Waals surface area contributed by atoms with E-state index in [1.807, 2.05) is 0 Å². The van der Waals surface area contributed by atoms with E-state index in [1.165, 1.54) is 11.3 Å². The number of carbonyl (C=O) groups excluding carboxylic acids is 1. The van der Waals surface area contributed by atoms with Crippen LogP contribution in [0.1, 0.15) is 17.3 Å². The fourth-order valence-electron chi connectivity index (χ4n) is 0.739. The first-order valence-electron chi connectivity index (χ1n) is 3.94. The van der Waals surface area contributed by atoms with Crippen LogP contribution in [0.5, 0.6) is 0 Å². The second-order valence-corrected chi connectivity index (χ2v) is 4.22. The van der Waals surface area contributed by atoms with Crippen LogP contribution in [-0.4, -0.2) is 23.7 Å². The van der Waals surface area contributed by atoms with Gasteiger partial charge in [0.1, 0.15) is 10.9 Å². The van der Waals surface area contributed by atoms with E-state index in [-0.39, 0.29) is 6.61 Å². The van der Waals surface area contributed by atoms with Crippen LogP contribution in [0.25, 0.3) is 0 Å². The normalized spacial score (nSPS) is 12.5. The summed E-state index contributed by atoms with van der Waals surface area (Å²) in [6, 6.07) is 1.61. The number of hydrogen-bond donors (Lipinski definition) is 2. The molecule has 0 bridgehead atoms. The van der Waals surface area contributed by atoms with Crippen LogP contribution in [-0.2, 0) is 4.84 Å². The highest BCUT2D eigenvalue weighted by molar-refractivity contribution is 7.14. The second-order valence-electron chi connectivity index (χ2n) is 2.70. The molecule has 4 nitrogen and oxygen atoms in total. The Morgan fingerprint density at radius 3 is 3.07 bits per heavy atom. The summed E-state index contributed by atoms with van der Waals surface area (Å²) in [7, 11) is 0. The monoisotopic (exact) mass is 235 g/mol. The van der Waals surface area contributed by atoms with E-state index >= 15 is 0 Å². The van der Waals surface area contributed by atoms with E-state index in [4.69, 9.17) is 21.5 Å². The van der Waals surface area contributed by atoms with Crippen LogP contribution in [0.3, 0.4) is 0 Å². The quantitative estimate of drug-likeness (QED) is 0.777. The molecule has 0 aliphatic rings. The summed E-state index contributed by atoms with van der Waals surface area (Å²) in [5.74, 6) is -0.406. The lowest BCUT2D eigenvalue weighted by atomic mass is 10.3. The molecular formula is C8H10ClNO3S. The Labute approximate surface area is 90.4 Å². The van der Waals surface area contributed by atoms with E-state index in [0.717, 1.165) is 0 Å². The zero-order chi connectivity index (χ0) is 10.6. The number of aliphatic hydroxyl groups excluding tert-OH is 1. The van der Waals surface area contributed by atoms with Crippen molar-refractivity contribution in [1.82, 2.24) is 5.48 Å². The largest absolute Gasteiger partial charge is 0.391 e. The van der Waals surface area contributed by atoms with E-state index < -0.39 is 12.0 Å². The molecule has 0 spiro atoms. The van der Waals surface area contributed by atoms with E-state index in [1.54, 1.807) is 18.4 Å². The molecule has 1 amide bonds. The number of rotatable bonds is 4. The Bertz CT molecular complexity index is 313. The van der Waals surface area contributed by atoms with Gasteiger partial charge in [-0.15, -0.1) is 11.3 Å². The summed E-state index contributed by atoms with van der Waals surface area (Å²) in [6.07, 6.45) is -0.617. The summed E-state index contributed by atoms with van der Waals surface area (Å²) in [6.45, 7) is 1.61. The molecule has 0 aliphatic carbocycles. The average Bonchev–Trinajstić information content (AvgIpc) is 2.50. The van der Waals surface area contributed by atoms with Crippen molar-refractivity contribution in [3.05, 3.63) is 21.3 Å². The van der Waals surface area contributed by atoms with Gasteiger partial charge in [0, 0.05) is 0 Å². The lowest BCUT2D eigenvalue weighted by Gasteiger charge is -2.06. The molecule has 6 heteroatoms. The first-order chi connectivity index (χ1) is 6.61. The zero-order valence-electron chi connectivity index (χ0n) is 7.49. The number of hydroxylamine groups is 1. The third-order valence-corrected chi connectivity index (χ3v) is 2.52. The Morgan fingerprint density at radius 2 is 2.57 bits per heavy atom. The van der Waals surface area contributed by atoms with Crippen molar-refractivity contribution in [2.75, 3.05) is 6.61 Å². The first-order valence-corrected chi connectivity index (χ1v) is 5.20. The smallest absolute Gasteiger partial charge is 0.277 e. The summed E-state index contributed by atoms with van der Waals surface area (Å²) >= 11 is 7.00. The van der Waals surface area contributed by atoms with Gasteiger partial charge in [-0.2, -0.15) is 0 Å². The molecule has 1 heterocycles. The number of carbonyl (C=O) groups is 1. The SMILES string of the molecule is C[C@H](O)CONC(=O)c1ccsc1Cl. The minimum atomic E-state index is -0.617. The third kappa shape index (κ3) is 3.26. The highest BCUT2D eigenvalue weighted by atomic mass is 35.5. The highest BCUT2D eigenvalue weighted by Crippen LogP contribution is 2.22. The molecule has 0 saturated carbocycles. The summed E-state index contributed by atoms with van der Waals surface area (Å²) in [5, 5.41) is 10.6. The molecule has 0 aliphatic heterocycles. The predicted molar refractivity (Wildman–Crippen MR) is 54.4 cm³/mol. The highest BCUT2D eigenvalue weighted by Gasteiger charge is 2.11. The van der Waals surface area contributed by atoms with Crippen LogP contribution < -0.4 is 5.48 Å². The van der Waals surface area contributed by atoms with Crippen LogP contribution in [0.15, 0.2) is 11.4 Å². The average molecular weight is 236 g/mol. The lowest BCUT2D eigenvalue weighted by molar-refractivity contribution is -0.00683. The van der Waals surface area contributed by atoms with Crippen molar-refractivity contribution in [1.29, 1.82) is 0 Å². The number of halogens is 1. The number of aliphatic hydroxyl groups is 1. The van der Waals surface area contributed by atoms with E-state index in [2.05, 4.69) is 5.48 Å². The molecule has 0 fully saturated rings. The van der Waals surface area contributed by atoms with E-state index in [9.17, 15) is 4.79 Å².